The summed E-state index contributed by atoms with van der Waals surface area (Å²) in [6.07, 6.45) is 19.8. The van der Waals surface area contributed by atoms with Crippen LogP contribution in [0.15, 0.2) is 91.0 Å². The molecule has 0 N–H and O–H groups in total. The van der Waals surface area contributed by atoms with Gasteiger partial charge in [0.1, 0.15) is 0 Å². The van der Waals surface area contributed by atoms with Gasteiger partial charge in [0.2, 0.25) is 0 Å². The number of hydrogen-bond donors (Lipinski definition) is 0. The second kappa shape index (κ2) is 11.0. The van der Waals surface area contributed by atoms with Crippen molar-refractivity contribution in [1.29, 1.82) is 0 Å². The van der Waals surface area contributed by atoms with Crippen molar-refractivity contribution in [3.8, 4) is 5.69 Å². The first kappa shape index (κ1) is 29.1. The van der Waals surface area contributed by atoms with E-state index in [2.05, 4.69) is 100 Å². The molecule has 6 saturated carbocycles. The summed E-state index contributed by atoms with van der Waals surface area (Å²) in [5.74, 6) is 10.4. The largest absolute Gasteiger partial charge is 0.337 e. The Bertz CT molecular complexity index is 2220. The topological polar surface area (TPSA) is 9.86 Å². The van der Waals surface area contributed by atoms with Crippen LogP contribution < -0.4 is 0 Å². The summed E-state index contributed by atoms with van der Waals surface area (Å²) in [5.41, 5.74) is 6.78. The molecule has 0 aliphatic heterocycles. The van der Waals surface area contributed by atoms with Crippen LogP contribution in [0.2, 0.25) is 0 Å². The molecule has 0 bridgehead atoms. The van der Waals surface area contributed by atoms with Gasteiger partial charge in [0.15, 0.2) is 0 Å². The van der Waals surface area contributed by atoms with E-state index in [1.54, 1.807) is 32.1 Å². The zero-order valence-electron chi connectivity index (χ0n) is 29.6. The lowest BCUT2D eigenvalue weighted by Crippen LogP contribution is -2.61. The Hall–Kier alpha value is -3.52. The third kappa shape index (κ3) is 3.92. The Labute approximate surface area is 297 Å². The molecule has 6 aliphatic rings. The third-order valence-electron chi connectivity index (χ3n) is 16.5. The fourth-order valence-electron chi connectivity index (χ4n) is 15.2. The Morgan fingerprint density at radius 1 is 0.380 bits per heavy atom. The molecular formula is C48H52N2. The first-order valence-electron chi connectivity index (χ1n) is 20.8. The lowest BCUT2D eigenvalue weighted by atomic mass is 9.38. The molecule has 6 fully saturated rings. The van der Waals surface area contributed by atoms with E-state index in [0.717, 1.165) is 59.2 Å². The molecule has 4 aromatic carbocycles. The molecule has 254 valence electrons. The molecule has 0 saturated heterocycles. The zero-order valence-corrected chi connectivity index (χ0v) is 29.6. The predicted molar refractivity (Wildman–Crippen MR) is 208 cm³/mol. The highest BCUT2D eigenvalue weighted by Crippen LogP contribution is 2.69. The third-order valence-corrected chi connectivity index (χ3v) is 16.5. The van der Waals surface area contributed by atoms with Gasteiger partial charge < -0.3 is 9.13 Å². The van der Waals surface area contributed by atoms with Crippen LogP contribution in [0.1, 0.15) is 89.5 Å². The van der Waals surface area contributed by atoms with Crippen molar-refractivity contribution in [2.24, 2.45) is 59.2 Å². The Morgan fingerprint density at radius 3 is 1.48 bits per heavy atom. The van der Waals surface area contributed by atoms with E-state index >= 15 is 0 Å². The van der Waals surface area contributed by atoms with Gasteiger partial charge in [0.05, 0.1) is 11.0 Å². The van der Waals surface area contributed by atoms with Gasteiger partial charge in [0, 0.05) is 44.3 Å². The molecule has 2 aromatic heterocycles. The van der Waals surface area contributed by atoms with E-state index in [-0.39, 0.29) is 0 Å². The van der Waals surface area contributed by atoms with Crippen LogP contribution in [0.4, 0.5) is 0 Å². The summed E-state index contributed by atoms with van der Waals surface area (Å²) in [6.45, 7) is 0. The minimum Gasteiger partial charge on any atom is -0.337 e. The summed E-state index contributed by atoms with van der Waals surface area (Å²) in [6, 6.07) is 35.3. The number of fused-ring (bicyclic) bond motifs is 12. The first-order valence-corrected chi connectivity index (χ1v) is 20.8. The quantitative estimate of drug-likeness (QED) is 0.176. The average Bonchev–Trinajstić information content (AvgIpc) is 3.70. The highest BCUT2D eigenvalue weighted by atomic mass is 15.0. The van der Waals surface area contributed by atoms with Gasteiger partial charge in [-0.25, -0.2) is 0 Å². The first-order chi connectivity index (χ1) is 24.8. The maximum absolute atomic E-state index is 2.85. The maximum atomic E-state index is 2.85. The summed E-state index contributed by atoms with van der Waals surface area (Å²) >= 11 is 0. The van der Waals surface area contributed by atoms with Crippen molar-refractivity contribution in [2.75, 3.05) is 0 Å². The number of nitrogens with zero attached hydrogens (tertiary/aromatic N) is 2. The van der Waals surface area contributed by atoms with Crippen LogP contribution in [0.5, 0.6) is 0 Å². The van der Waals surface area contributed by atoms with E-state index in [0.29, 0.717) is 6.04 Å². The van der Waals surface area contributed by atoms with Gasteiger partial charge >= 0.3 is 0 Å². The second-order valence-corrected chi connectivity index (χ2v) is 18.0. The standard InChI is InChI=1S/C48H52N2/c1-2-12-32-31(11-1)37-16-9-18-39-33-25-23-29(27-41(33)40-19-10-17-38(32)48(40)47(37)39)50-45-22-8-5-15-36(45)42-28-30(24-26-46(42)50)49-43-20-6-3-13-34(43)35-14-4-7-21-44(35)49/h3-8,13-15,20-22,24,26,28-29,31-33,37-41,47-48H,1-2,9-12,16-19,23,25,27H2. The van der Waals surface area contributed by atoms with Gasteiger partial charge in [0.25, 0.3) is 0 Å². The van der Waals surface area contributed by atoms with Crippen LogP contribution in [0, 0.1) is 59.2 Å². The fourth-order valence-corrected chi connectivity index (χ4v) is 15.2. The lowest BCUT2D eigenvalue weighted by molar-refractivity contribution is -0.189. The molecule has 12 rings (SSSR count). The molecular weight excluding hydrogens is 605 g/mol. The van der Waals surface area contributed by atoms with E-state index in [1.165, 1.54) is 101 Å². The minimum atomic E-state index is 0.611. The monoisotopic (exact) mass is 656 g/mol. The number of aromatic nitrogens is 2. The number of benzene rings is 4. The SMILES string of the molecule is c1ccc2c(c1)c1ccccc1n2-c1ccc2c(c1)c1ccccc1n2C1CCC2C(C1)C1CCCC3C4CCCCC4C4CCCC2C4C31. The van der Waals surface area contributed by atoms with Crippen molar-refractivity contribution in [2.45, 2.75) is 89.5 Å². The molecule has 6 aromatic rings. The van der Waals surface area contributed by atoms with Crippen LogP contribution in [-0.2, 0) is 0 Å². The van der Waals surface area contributed by atoms with Gasteiger partial charge in [-0.15, -0.1) is 0 Å². The van der Waals surface area contributed by atoms with Gasteiger partial charge in [-0.2, -0.15) is 0 Å². The van der Waals surface area contributed by atoms with E-state index in [9.17, 15) is 0 Å². The number of rotatable bonds is 2. The van der Waals surface area contributed by atoms with Gasteiger partial charge in [-0.1, -0.05) is 80.3 Å². The van der Waals surface area contributed by atoms with Crippen molar-refractivity contribution in [1.82, 2.24) is 9.13 Å². The summed E-state index contributed by atoms with van der Waals surface area (Å²) in [4.78, 5) is 0. The van der Waals surface area contributed by atoms with E-state index < -0.39 is 0 Å². The van der Waals surface area contributed by atoms with Crippen LogP contribution in [-0.4, -0.2) is 9.13 Å². The molecule has 11 atom stereocenters. The Morgan fingerprint density at radius 2 is 0.860 bits per heavy atom. The van der Waals surface area contributed by atoms with Crippen LogP contribution >= 0.6 is 0 Å². The smallest absolute Gasteiger partial charge is 0.0541 e. The highest BCUT2D eigenvalue weighted by Gasteiger charge is 2.62. The molecule has 50 heavy (non-hydrogen) atoms. The van der Waals surface area contributed by atoms with Crippen LogP contribution in [0.3, 0.4) is 0 Å². The normalized spacial score (nSPS) is 36.4. The van der Waals surface area contributed by atoms with Crippen molar-refractivity contribution >= 4 is 43.6 Å². The maximum Gasteiger partial charge on any atom is 0.0541 e. The molecule has 0 radical (unpaired) electrons. The molecule has 0 amide bonds. The van der Waals surface area contributed by atoms with Crippen LogP contribution in [0.25, 0.3) is 49.3 Å². The fraction of sp³-hybridized carbons (Fsp3) is 0.500. The van der Waals surface area contributed by atoms with Gasteiger partial charge in [-0.05, 0) is 153 Å². The van der Waals surface area contributed by atoms with Gasteiger partial charge in [-0.3, -0.25) is 0 Å². The zero-order chi connectivity index (χ0) is 32.5. The average molecular weight is 657 g/mol. The predicted octanol–water partition coefficient (Wildman–Crippen LogP) is 12.7. The van der Waals surface area contributed by atoms with E-state index in [1.807, 2.05) is 0 Å². The van der Waals surface area contributed by atoms with E-state index in [4.69, 9.17) is 0 Å². The lowest BCUT2D eigenvalue weighted by Gasteiger charge is -2.67. The Balaban J connectivity index is 0.961. The summed E-state index contributed by atoms with van der Waals surface area (Å²) < 4.78 is 5.35. The molecule has 2 nitrogen and oxygen atoms in total. The van der Waals surface area contributed by atoms with Crippen molar-refractivity contribution in [3.63, 3.8) is 0 Å². The second-order valence-electron chi connectivity index (χ2n) is 18.0. The molecule has 11 unspecified atom stereocenters. The molecule has 2 heteroatoms. The van der Waals surface area contributed by atoms with Crippen molar-refractivity contribution < 1.29 is 0 Å². The summed E-state index contributed by atoms with van der Waals surface area (Å²) in [7, 11) is 0. The summed E-state index contributed by atoms with van der Waals surface area (Å²) in [5, 5.41) is 5.53. The minimum absolute atomic E-state index is 0.611. The molecule has 2 heterocycles. The number of para-hydroxylation sites is 3. The Kier molecular flexibility index (Phi) is 6.40. The highest BCUT2D eigenvalue weighted by molar-refractivity contribution is 6.11. The number of hydrogen-bond acceptors (Lipinski definition) is 0. The molecule has 0 spiro atoms. The van der Waals surface area contributed by atoms with Crippen molar-refractivity contribution in [3.05, 3.63) is 91.0 Å². The molecule has 6 aliphatic carbocycles.